The van der Waals surface area contributed by atoms with E-state index in [0.29, 0.717) is 24.3 Å². The summed E-state index contributed by atoms with van der Waals surface area (Å²) < 4.78 is 8.56. The Bertz CT molecular complexity index is 867. The molecule has 25 heavy (non-hydrogen) atoms. The minimum atomic E-state index is -0.555. The van der Waals surface area contributed by atoms with Gasteiger partial charge in [0.05, 0.1) is 12.2 Å². The Morgan fingerprint density at radius 3 is 2.80 bits per heavy atom. The highest BCUT2D eigenvalue weighted by Gasteiger charge is 2.30. The van der Waals surface area contributed by atoms with Crippen LogP contribution >= 0.6 is 11.6 Å². The highest BCUT2D eigenvalue weighted by molar-refractivity contribution is 6.28. The number of aryl methyl sites for hydroxylation is 1. The number of nitrogens with zero attached hydrogens (tertiary/aromatic N) is 5. The number of rotatable bonds is 1. The second-order valence-electron chi connectivity index (χ2n) is 7.28. The number of piperidine rings is 1. The van der Waals surface area contributed by atoms with Crippen molar-refractivity contribution in [1.29, 1.82) is 0 Å². The van der Waals surface area contributed by atoms with Gasteiger partial charge in [-0.25, -0.2) is 14.6 Å². The molecule has 0 bridgehead atoms. The quantitative estimate of drug-likeness (QED) is 0.722. The van der Waals surface area contributed by atoms with E-state index in [-0.39, 0.29) is 23.1 Å². The van der Waals surface area contributed by atoms with Crippen molar-refractivity contribution in [2.75, 3.05) is 13.1 Å². The van der Waals surface area contributed by atoms with Gasteiger partial charge in [-0.2, -0.15) is 4.98 Å². The van der Waals surface area contributed by atoms with E-state index in [1.165, 1.54) is 10.8 Å². The van der Waals surface area contributed by atoms with Gasteiger partial charge in [0.1, 0.15) is 11.1 Å². The molecule has 2 aromatic heterocycles. The van der Waals surface area contributed by atoms with Gasteiger partial charge < -0.3 is 9.64 Å². The van der Waals surface area contributed by atoms with Crippen molar-refractivity contribution in [3.63, 3.8) is 0 Å². The highest BCUT2D eigenvalue weighted by Crippen LogP contribution is 2.25. The zero-order valence-electron chi connectivity index (χ0n) is 14.8. The van der Waals surface area contributed by atoms with E-state index in [2.05, 4.69) is 9.97 Å². The number of hydrogen-bond donors (Lipinski definition) is 0. The van der Waals surface area contributed by atoms with Crippen molar-refractivity contribution >= 4 is 28.9 Å². The number of fused-ring (bicyclic) bond motifs is 1. The molecule has 0 saturated carbocycles. The van der Waals surface area contributed by atoms with Crippen LogP contribution < -0.4 is 5.69 Å². The van der Waals surface area contributed by atoms with Crippen molar-refractivity contribution in [2.45, 2.75) is 45.3 Å². The molecule has 9 heteroatoms. The van der Waals surface area contributed by atoms with Gasteiger partial charge in [0, 0.05) is 20.1 Å². The van der Waals surface area contributed by atoms with Crippen LogP contribution in [0.25, 0.3) is 11.2 Å². The first kappa shape index (κ1) is 17.7. The van der Waals surface area contributed by atoms with E-state index in [1.54, 1.807) is 16.5 Å². The predicted molar refractivity (Wildman–Crippen MR) is 93.9 cm³/mol. The first-order valence-electron chi connectivity index (χ1n) is 8.25. The highest BCUT2D eigenvalue weighted by atomic mass is 35.5. The van der Waals surface area contributed by atoms with Crippen LogP contribution in [-0.2, 0) is 11.8 Å². The van der Waals surface area contributed by atoms with Gasteiger partial charge in [0.2, 0.25) is 5.28 Å². The maximum atomic E-state index is 12.7. The monoisotopic (exact) mass is 367 g/mol. The minimum Gasteiger partial charge on any atom is -0.444 e. The number of hydrogen-bond acceptors (Lipinski definition) is 5. The Morgan fingerprint density at radius 1 is 1.40 bits per heavy atom. The molecule has 1 aliphatic rings. The van der Waals surface area contributed by atoms with Crippen LogP contribution in [0.15, 0.2) is 11.0 Å². The third-order valence-corrected chi connectivity index (χ3v) is 4.40. The maximum absolute atomic E-state index is 12.7. The van der Waals surface area contributed by atoms with Crippen LogP contribution in [0, 0.1) is 0 Å². The Labute approximate surface area is 150 Å². The fourth-order valence-electron chi connectivity index (χ4n) is 3.10. The van der Waals surface area contributed by atoms with Crippen LogP contribution in [0.2, 0.25) is 5.28 Å². The molecule has 3 heterocycles. The van der Waals surface area contributed by atoms with Gasteiger partial charge in [-0.05, 0) is 45.2 Å². The fourth-order valence-corrected chi connectivity index (χ4v) is 3.23. The average Bonchev–Trinajstić information content (AvgIpc) is 2.77. The Morgan fingerprint density at radius 2 is 2.12 bits per heavy atom. The van der Waals surface area contributed by atoms with Gasteiger partial charge in [0.15, 0.2) is 5.65 Å². The fraction of sp³-hybridized carbons (Fsp3) is 0.625. The third kappa shape index (κ3) is 3.49. The number of halogens is 1. The van der Waals surface area contributed by atoms with E-state index in [1.807, 2.05) is 20.8 Å². The third-order valence-electron chi connectivity index (χ3n) is 4.22. The number of ether oxygens (including phenoxy) is 1. The molecule has 1 amide bonds. The standard InChI is InChI=1S/C16H22ClN5O3/c1-16(2,3)25-15(24)21-7-5-6-10(9-21)22-12-11(20(4)14(22)23)8-18-13(17)19-12/h8,10H,5-7,9H2,1-4H3. The molecule has 1 saturated heterocycles. The van der Waals surface area contributed by atoms with Crippen molar-refractivity contribution < 1.29 is 9.53 Å². The molecular weight excluding hydrogens is 346 g/mol. The number of likely N-dealkylation sites (tertiary alicyclic amines) is 1. The molecule has 0 radical (unpaired) electrons. The topological polar surface area (TPSA) is 82.2 Å². The van der Waals surface area contributed by atoms with Gasteiger partial charge in [0.25, 0.3) is 0 Å². The smallest absolute Gasteiger partial charge is 0.410 e. The first-order valence-corrected chi connectivity index (χ1v) is 8.62. The number of aromatic nitrogens is 4. The molecule has 136 valence electrons. The van der Waals surface area contributed by atoms with E-state index in [0.717, 1.165) is 12.8 Å². The summed E-state index contributed by atoms with van der Waals surface area (Å²) in [6.45, 7) is 6.51. The van der Waals surface area contributed by atoms with Crippen molar-refractivity contribution in [3.8, 4) is 0 Å². The van der Waals surface area contributed by atoms with Gasteiger partial charge in [-0.15, -0.1) is 0 Å². The maximum Gasteiger partial charge on any atom is 0.410 e. The SMILES string of the molecule is Cn1c(=O)n(C2CCCN(C(=O)OC(C)(C)C)C2)c2nc(Cl)ncc21. The minimum absolute atomic E-state index is 0.0895. The molecule has 1 aliphatic heterocycles. The van der Waals surface area contributed by atoms with E-state index >= 15 is 0 Å². The van der Waals surface area contributed by atoms with Crippen LogP contribution in [0.1, 0.15) is 39.7 Å². The molecular formula is C16H22ClN5O3. The molecule has 1 fully saturated rings. The number of carbonyl (C=O) groups is 1. The average molecular weight is 368 g/mol. The summed E-state index contributed by atoms with van der Waals surface area (Å²) in [4.78, 5) is 34.9. The van der Waals surface area contributed by atoms with Crippen LogP contribution in [0.3, 0.4) is 0 Å². The first-order chi connectivity index (χ1) is 11.7. The van der Waals surface area contributed by atoms with E-state index < -0.39 is 5.60 Å². The lowest BCUT2D eigenvalue weighted by Crippen LogP contribution is -2.45. The van der Waals surface area contributed by atoms with Gasteiger partial charge >= 0.3 is 11.8 Å². The van der Waals surface area contributed by atoms with Crippen LogP contribution in [0.4, 0.5) is 4.79 Å². The van der Waals surface area contributed by atoms with Crippen molar-refractivity contribution in [2.24, 2.45) is 7.05 Å². The van der Waals surface area contributed by atoms with Gasteiger partial charge in [-0.1, -0.05) is 0 Å². The molecule has 1 atom stereocenters. The molecule has 0 aliphatic carbocycles. The molecule has 1 unspecified atom stereocenters. The molecule has 0 aromatic carbocycles. The predicted octanol–water partition coefficient (Wildman–Crippen LogP) is 2.36. The Kier molecular flexibility index (Phi) is 4.49. The summed E-state index contributed by atoms with van der Waals surface area (Å²) in [6.07, 6.45) is 2.74. The molecule has 8 nitrogen and oxygen atoms in total. The summed E-state index contributed by atoms with van der Waals surface area (Å²) in [7, 11) is 1.67. The molecule has 0 N–H and O–H groups in total. The summed E-state index contributed by atoms with van der Waals surface area (Å²) in [5.41, 5.74) is 0.357. The van der Waals surface area contributed by atoms with E-state index in [4.69, 9.17) is 16.3 Å². The van der Waals surface area contributed by atoms with E-state index in [9.17, 15) is 9.59 Å². The number of carbonyl (C=O) groups excluding carboxylic acids is 1. The van der Waals surface area contributed by atoms with Crippen LogP contribution in [0.5, 0.6) is 0 Å². The van der Waals surface area contributed by atoms with Crippen molar-refractivity contribution in [1.82, 2.24) is 24.0 Å². The Hall–Kier alpha value is -2.09. The number of imidazole rings is 1. The summed E-state index contributed by atoms with van der Waals surface area (Å²) in [6, 6.07) is -0.177. The summed E-state index contributed by atoms with van der Waals surface area (Å²) >= 11 is 5.91. The normalized spacial score (nSPS) is 18.6. The van der Waals surface area contributed by atoms with Crippen LogP contribution in [-0.4, -0.2) is 48.8 Å². The second kappa shape index (κ2) is 6.33. The Balaban J connectivity index is 1.93. The zero-order chi connectivity index (χ0) is 18.4. The number of amides is 1. The zero-order valence-corrected chi connectivity index (χ0v) is 15.6. The lowest BCUT2D eigenvalue weighted by molar-refractivity contribution is 0.0172. The van der Waals surface area contributed by atoms with Gasteiger partial charge in [-0.3, -0.25) is 9.13 Å². The lowest BCUT2D eigenvalue weighted by Gasteiger charge is -2.34. The summed E-state index contributed by atoms with van der Waals surface area (Å²) in [5.74, 6) is 0. The molecule has 3 rings (SSSR count). The summed E-state index contributed by atoms with van der Waals surface area (Å²) in [5, 5.41) is 0.0895. The lowest BCUT2D eigenvalue weighted by atomic mass is 10.1. The van der Waals surface area contributed by atoms with Crippen molar-refractivity contribution in [3.05, 3.63) is 22.0 Å². The molecule has 2 aromatic rings. The molecule has 0 spiro atoms. The largest absolute Gasteiger partial charge is 0.444 e. The second-order valence-corrected chi connectivity index (χ2v) is 7.62.